The third-order valence-electron chi connectivity index (χ3n) is 3.72. The van der Waals surface area contributed by atoms with Gasteiger partial charge in [0.1, 0.15) is 10.7 Å². The summed E-state index contributed by atoms with van der Waals surface area (Å²) in [7, 11) is -2.51. The molecule has 1 N–H and O–H groups in total. The van der Waals surface area contributed by atoms with Crippen LogP contribution in [0.1, 0.15) is 5.01 Å². The fourth-order valence-electron chi connectivity index (χ4n) is 2.38. The van der Waals surface area contributed by atoms with Crippen molar-refractivity contribution < 1.29 is 13.2 Å². The zero-order chi connectivity index (χ0) is 19.6. The number of thiazole rings is 1. The summed E-state index contributed by atoms with van der Waals surface area (Å²) in [4.78, 5) is 18.3. The van der Waals surface area contributed by atoms with Gasteiger partial charge in [0.25, 0.3) is 10.0 Å². The van der Waals surface area contributed by atoms with E-state index in [0.717, 1.165) is 10.6 Å². The predicted molar refractivity (Wildman–Crippen MR) is 108 cm³/mol. The summed E-state index contributed by atoms with van der Waals surface area (Å²) in [5.41, 5.74) is 1.47. The van der Waals surface area contributed by atoms with Gasteiger partial charge in [0.05, 0.1) is 9.90 Å². The molecule has 0 aliphatic carbocycles. The molecule has 140 valence electrons. The Morgan fingerprint density at radius 2 is 1.74 bits per heavy atom. The summed E-state index contributed by atoms with van der Waals surface area (Å²) in [6.07, 6.45) is 0. The Labute approximate surface area is 166 Å². The first-order valence-electron chi connectivity index (χ1n) is 7.87. The van der Waals surface area contributed by atoms with Crippen molar-refractivity contribution in [3.05, 3.63) is 64.6 Å². The second kappa shape index (κ2) is 7.67. The van der Waals surface area contributed by atoms with Crippen LogP contribution in [0.5, 0.6) is 0 Å². The SMILES string of the molecule is Cc1nc(-c2ccccc2)c(N(C)C(=O)NS(=O)(=O)c2ccc(Cl)cc2)s1. The molecule has 0 radical (unpaired) electrons. The number of halogens is 1. The van der Waals surface area contributed by atoms with Crippen molar-refractivity contribution >= 4 is 44.0 Å². The fraction of sp³-hybridized carbons (Fsp3) is 0.111. The van der Waals surface area contributed by atoms with Crippen LogP contribution in [0.15, 0.2) is 59.5 Å². The summed E-state index contributed by atoms with van der Waals surface area (Å²) >= 11 is 7.09. The van der Waals surface area contributed by atoms with Crippen LogP contribution in [0, 0.1) is 6.92 Å². The van der Waals surface area contributed by atoms with Crippen LogP contribution in [0.2, 0.25) is 5.02 Å². The van der Waals surface area contributed by atoms with Crippen molar-refractivity contribution in [3.8, 4) is 11.3 Å². The largest absolute Gasteiger partial charge is 0.336 e. The van der Waals surface area contributed by atoms with Gasteiger partial charge in [-0.2, -0.15) is 0 Å². The Kier molecular flexibility index (Phi) is 5.50. The average molecular weight is 422 g/mol. The van der Waals surface area contributed by atoms with E-state index in [1.54, 1.807) is 0 Å². The number of sulfonamides is 1. The number of rotatable bonds is 4. The van der Waals surface area contributed by atoms with Crippen LogP contribution in [0.4, 0.5) is 9.80 Å². The number of benzene rings is 2. The molecule has 1 aromatic heterocycles. The van der Waals surface area contributed by atoms with E-state index in [0.29, 0.717) is 15.7 Å². The number of carbonyl (C=O) groups excluding carboxylic acids is 1. The fourth-order valence-corrected chi connectivity index (χ4v) is 4.38. The normalized spacial score (nSPS) is 11.2. The van der Waals surface area contributed by atoms with Crippen molar-refractivity contribution in [2.24, 2.45) is 0 Å². The second-order valence-corrected chi connectivity index (χ2v) is 8.98. The molecule has 0 atom stereocenters. The number of aryl methyl sites for hydroxylation is 1. The van der Waals surface area contributed by atoms with Crippen molar-refractivity contribution in [3.63, 3.8) is 0 Å². The highest BCUT2D eigenvalue weighted by atomic mass is 35.5. The smallest absolute Gasteiger partial charge is 0.286 e. The third kappa shape index (κ3) is 4.29. The number of urea groups is 1. The monoisotopic (exact) mass is 421 g/mol. The van der Waals surface area contributed by atoms with Crippen molar-refractivity contribution in [2.75, 3.05) is 11.9 Å². The highest BCUT2D eigenvalue weighted by Crippen LogP contribution is 2.35. The number of hydrogen-bond acceptors (Lipinski definition) is 5. The molecule has 0 saturated heterocycles. The molecular weight excluding hydrogens is 406 g/mol. The average Bonchev–Trinajstić information content (AvgIpc) is 3.03. The van der Waals surface area contributed by atoms with E-state index in [9.17, 15) is 13.2 Å². The molecular formula is C18H16ClN3O3S2. The predicted octanol–water partition coefficient (Wildman–Crippen LogP) is 4.31. The topological polar surface area (TPSA) is 79.4 Å². The van der Waals surface area contributed by atoms with Gasteiger partial charge in [0.15, 0.2) is 0 Å². The molecule has 3 rings (SSSR count). The minimum Gasteiger partial charge on any atom is -0.286 e. The molecule has 3 aromatic rings. The molecule has 0 saturated carbocycles. The highest BCUT2D eigenvalue weighted by molar-refractivity contribution is 7.90. The molecule has 2 aromatic carbocycles. The number of hydrogen-bond donors (Lipinski definition) is 1. The molecule has 27 heavy (non-hydrogen) atoms. The maximum Gasteiger partial charge on any atom is 0.336 e. The standard InChI is InChI=1S/C18H16ClN3O3S2/c1-12-20-16(13-6-4-3-5-7-13)17(26-12)22(2)18(23)21-27(24,25)15-10-8-14(19)9-11-15/h3-11H,1-2H3,(H,21,23). The maximum atomic E-state index is 12.6. The Morgan fingerprint density at radius 1 is 1.11 bits per heavy atom. The van der Waals surface area contributed by atoms with Crippen LogP contribution in [-0.4, -0.2) is 26.5 Å². The molecule has 0 aliphatic rings. The van der Waals surface area contributed by atoms with Crippen LogP contribution in [-0.2, 0) is 10.0 Å². The highest BCUT2D eigenvalue weighted by Gasteiger charge is 2.24. The summed E-state index contributed by atoms with van der Waals surface area (Å²) < 4.78 is 26.9. The number of nitrogens with zero attached hydrogens (tertiary/aromatic N) is 2. The summed E-state index contributed by atoms with van der Waals surface area (Å²) in [6.45, 7) is 1.83. The third-order valence-corrected chi connectivity index (χ3v) is 6.35. The zero-order valence-corrected chi connectivity index (χ0v) is 16.9. The van der Waals surface area contributed by atoms with Gasteiger partial charge < -0.3 is 0 Å². The first kappa shape index (κ1) is 19.3. The summed E-state index contributed by atoms with van der Waals surface area (Å²) in [5, 5.41) is 1.73. The zero-order valence-electron chi connectivity index (χ0n) is 14.5. The van der Waals surface area contributed by atoms with Gasteiger partial charge in [-0.05, 0) is 31.2 Å². The second-order valence-electron chi connectivity index (χ2n) is 5.68. The number of anilines is 1. The minimum absolute atomic E-state index is 0.0441. The first-order chi connectivity index (χ1) is 12.8. The summed E-state index contributed by atoms with van der Waals surface area (Å²) in [6, 6.07) is 14.2. The van der Waals surface area contributed by atoms with Crippen LogP contribution >= 0.6 is 22.9 Å². The Morgan fingerprint density at radius 3 is 2.37 bits per heavy atom. The summed E-state index contributed by atoms with van der Waals surface area (Å²) in [5.74, 6) is 0. The van der Waals surface area contributed by atoms with Gasteiger partial charge in [0.2, 0.25) is 0 Å². The number of nitrogens with one attached hydrogen (secondary N) is 1. The van der Waals surface area contributed by atoms with Crippen LogP contribution in [0.3, 0.4) is 0 Å². The molecule has 0 spiro atoms. The Balaban J connectivity index is 1.87. The molecule has 6 nitrogen and oxygen atoms in total. The van der Waals surface area contributed by atoms with E-state index < -0.39 is 16.1 Å². The number of carbonyl (C=O) groups is 1. The van der Waals surface area contributed by atoms with E-state index in [1.165, 1.54) is 47.5 Å². The first-order valence-corrected chi connectivity index (χ1v) is 10.5. The molecule has 2 amide bonds. The lowest BCUT2D eigenvalue weighted by Gasteiger charge is -2.17. The van der Waals surface area contributed by atoms with E-state index in [2.05, 4.69) is 9.71 Å². The van der Waals surface area contributed by atoms with E-state index in [-0.39, 0.29) is 4.90 Å². The van der Waals surface area contributed by atoms with Gasteiger partial charge in [-0.25, -0.2) is 22.9 Å². The van der Waals surface area contributed by atoms with Crippen molar-refractivity contribution in [2.45, 2.75) is 11.8 Å². The van der Waals surface area contributed by atoms with Crippen molar-refractivity contribution in [1.82, 2.24) is 9.71 Å². The molecule has 0 unspecified atom stereocenters. The van der Waals surface area contributed by atoms with Gasteiger partial charge in [-0.1, -0.05) is 41.9 Å². The van der Waals surface area contributed by atoms with Crippen molar-refractivity contribution in [1.29, 1.82) is 0 Å². The van der Waals surface area contributed by atoms with E-state index in [1.807, 2.05) is 37.3 Å². The Bertz CT molecular complexity index is 1060. The van der Waals surface area contributed by atoms with E-state index in [4.69, 9.17) is 11.6 Å². The lowest BCUT2D eigenvalue weighted by atomic mass is 10.1. The van der Waals surface area contributed by atoms with E-state index >= 15 is 0 Å². The van der Waals surface area contributed by atoms with Crippen LogP contribution in [0.25, 0.3) is 11.3 Å². The van der Waals surface area contributed by atoms with Crippen LogP contribution < -0.4 is 9.62 Å². The molecule has 0 fully saturated rings. The lowest BCUT2D eigenvalue weighted by molar-refractivity contribution is 0.252. The van der Waals surface area contributed by atoms with Gasteiger partial charge in [-0.15, -0.1) is 11.3 Å². The van der Waals surface area contributed by atoms with Gasteiger partial charge in [0, 0.05) is 17.6 Å². The Hall–Kier alpha value is -2.42. The quantitative estimate of drug-likeness (QED) is 0.680. The molecule has 0 aliphatic heterocycles. The maximum absolute atomic E-state index is 12.6. The number of amides is 2. The molecule has 9 heteroatoms. The minimum atomic E-state index is -4.02. The number of aromatic nitrogens is 1. The molecule has 0 bridgehead atoms. The van der Waals surface area contributed by atoms with Gasteiger partial charge >= 0.3 is 6.03 Å². The lowest BCUT2D eigenvalue weighted by Crippen LogP contribution is -2.40. The molecule has 1 heterocycles. The van der Waals surface area contributed by atoms with Gasteiger partial charge in [-0.3, -0.25) is 4.90 Å².